The molecule has 1 aliphatic carbocycles. The molecule has 1 N–H and O–H groups in total. The van der Waals surface area contributed by atoms with E-state index in [1.807, 2.05) is 11.3 Å². The maximum absolute atomic E-state index is 3.68. The maximum atomic E-state index is 3.68. The molecule has 2 rings (SSSR count). The van der Waals surface area contributed by atoms with Crippen molar-refractivity contribution in [2.75, 3.05) is 6.54 Å². The molecule has 18 heavy (non-hydrogen) atoms. The molecule has 0 atom stereocenters. The van der Waals surface area contributed by atoms with E-state index in [0.29, 0.717) is 11.5 Å². The molecule has 1 aromatic heterocycles. The summed E-state index contributed by atoms with van der Waals surface area (Å²) in [6.07, 6.45) is 8.28. The Morgan fingerprint density at radius 2 is 2.06 bits per heavy atom. The Bertz CT molecular complexity index is 366. The minimum atomic E-state index is 0.507. The Morgan fingerprint density at radius 3 is 2.61 bits per heavy atom. The Balaban J connectivity index is 2.03. The Morgan fingerprint density at radius 1 is 1.33 bits per heavy atom. The van der Waals surface area contributed by atoms with Gasteiger partial charge in [0.25, 0.3) is 0 Å². The van der Waals surface area contributed by atoms with Gasteiger partial charge in [-0.25, -0.2) is 0 Å². The lowest BCUT2D eigenvalue weighted by Crippen LogP contribution is -2.40. The van der Waals surface area contributed by atoms with Gasteiger partial charge in [0.2, 0.25) is 0 Å². The lowest BCUT2D eigenvalue weighted by Gasteiger charge is -2.38. The van der Waals surface area contributed by atoms with E-state index >= 15 is 0 Å². The summed E-state index contributed by atoms with van der Waals surface area (Å²) in [6, 6.07) is 2.90. The lowest BCUT2D eigenvalue weighted by molar-refractivity contribution is 0.178. The summed E-state index contributed by atoms with van der Waals surface area (Å²) in [6.45, 7) is 5.68. The molecule has 1 nitrogen and oxygen atoms in total. The first kappa shape index (κ1) is 14.5. The van der Waals surface area contributed by atoms with Crippen LogP contribution in [0.1, 0.15) is 50.8 Å². The van der Waals surface area contributed by atoms with Crippen LogP contribution in [-0.4, -0.2) is 12.6 Å². The molecule has 1 heterocycles. The lowest BCUT2D eigenvalue weighted by atomic mass is 9.71. The normalized spacial score (nSPS) is 19.3. The predicted octanol–water partition coefficient (Wildman–Crippen LogP) is 5.00. The summed E-state index contributed by atoms with van der Waals surface area (Å²) in [5, 5.41) is 5.89. The highest BCUT2D eigenvalue weighted by molar-refractivity contribution is 9.10. The van der Waals surface area contributed by atoms with Crippen LogP contribution in [0.3, 0.4) is 0 Å². The van der Waals surface area contributed by atoms with Crippen LogP contribution in [-0.2, 0) is 6.42 Å². The molecule has 0 bridgehead atoms. The molecule has 3 heteroatoms. The van der Waals surface area contributed by atoms with Crippen molar-refractivity contribution in [2.24, 2.45) is 5.41 Å². The highest BCUT2D eigenvalue weighted by Gasteiger charge is 2.32. The topological polar surface area (TPSA) is 12.0 Å². The molecule has 0 aromatic carbocycles. The third-order valence-electron chi connectivity index (χ3n) is 3.97. The minimum absolute atomic E-state index is 0.507. The number of thiophene rings is 1. The molecular formula is C15H24BrNS. The van der Waals surface area contributed by atoms with E-state index < -0.39 is 0 Å². The van der Waals surface area contributed by atoms with Crippen molar-refractivity contribution in [3.05, 3.63) is 20.8 Å². The van der Waals surface area contributed by atoms with Gasteiger partial charge in [-0.1, -0.05) is 33.1 Å². The van der Waals surface area contributed by atoms with Crippen LogP contribution in [0.25, 0.3) is 0 Å². The summed E-state index contributed by atoms with van der Waals surface area (Å²) >= 11 is 5.47. The smallest absolute Gasteiger partial charge is 0.0285 e. The van der Waals surface area contributed by atoms with Crippen LogP contribution >= 0.6 is 27.3 Å². The van der Waals surface area contributed by atoms with Crippen molar-refractivity contribution in [3.8, 4) is 0 Å². The molecule has 0 radical (unpaired) electrons. The van der Waals surface area contributed by atoms with Crippen molar-refractivity contribution < 1.29 is 0 Å². The quantitative estimate of drug-likeness (QED) is 0.801. The number of hydrogen-bond acceptors (Lipinski definition) is 2. The summed E-state index contributed by atoms with van der Waals surface area (Å²) in [7, 11) is 0. The molecule has 0 saturated heterocycles. The molecular weight excluding hydrogens is 306 g/mol. The minimum Gasteiger partial charge on any atom is -0.314 e. The van der Waals surface area contributed by atoms with Crippen LogP contribution in [0.15, 0.2) is 15.9 Å². The number of rotatable bonds is 5. The van der Waals surface area contributed by atoms with Crippen LogP contribution in [0.2, 0.25) is 0 Å². The molecule has 0 amide bonds. The fourth-order valence-corrected chi connectivity index (χ4v) is 4.58. The monoisotopic (exact) mass is 329 g/mol. The van der Waals surface area contributed by atoms with E-state index in [9.17, 15) is 0 Å². The zero-order valence-corrected chi connectivity index (χ0v) is 13.9. The Hall–Kier alpha value is 0.140. The van der Waals surface area contributed by atoms with Gasteiger partial charge in [-0.15, -0.1) is 11.3 Å². The van der Waals surface area contributed by atoms with Crippen molar-refractivity contribution in [1.82, 2.24) is 5.32 Å². The van der Waals surface area contributed by atoms with Gasteiger partial charge in [0.1, 0.15) is 0 Å². The maximum Gasteiger partial charge on any atom is 0.0285 e. The van der Waals surface area contributed by atoms with Crippen LogP contribution < -0.4 is 5.32 Å². The van der Waals surface area contributed by atoms with E-state index in [0.717, 1.165) is 0 Å². The summed E-state index contributed by atoms with van der Waals surface area (Å²) in [5.74, 6) is 0. The van der Waals surface area contributed by atoms with Crippen molar-refractivity contribution >= 4 is 27.3 Å². The van der Waals surface area contributed by atoms with E-state index in [1.165, 1.54) is 54.4 Å². The first-order chi connectivity index (χ1) is 8.60. The number of nitrogens with one attached hydrogen (secondary N) is 1. The standard InChI is InChI=1S/C15H24BrNS/c1-12(2)17-11-15(6-4-3-5-7-15)9-14-8-13(16)10-18-14/h8,10,12,17H,3-7,9,11H2,1-2H3. The average Bonchev–Trinajstić information content (AvgIpc) is 2.73. The average molecular weight is 330 g/mol. The van der Waals surface area contributed by atoms with Gasteiger partial charge in [-0.3, -0.25) is 0 Å². The van der Waals surface area contributed by atoms with Gasteiger partial charge >= 0.3 is 0 Å². The summed E-state index contributed by atoms with van der Waals surface area (Å²) in [4.78, 5) is 1.54. The zero-order chi connectivity index (χ0) is 13.0. The Kier molecular flexibility index (Phi) is 5.28. The van der Waals surface area contributed by atoms with Gasteiger partial charge in [-0.2, -0.15) is 0 Å². The van der Waals surface area contributed by atoms with E-state index in [4.69, 9.17) is 0 Å². The predicted molar refractivity (Wildman–Crippen MR) is 84.4 cm³/mol. The molecule has 1 saturated carbocycles. The summed E-state index contributed by atoms with van der Waals surface area (Å²) in [5.41, 5.74) is 0.507. The molecule has 0 spiro atoms. The Labute approximate surface area is 123 Å². The first-order valence-electron chi connectivity index (χ1n) is 7.06. The van der Waals surface area contributed by atoms with Gasteiger partial charge in [0, 0.05) is 27.3 Å². The van der Waals surface area contributed by atoms with Gasteiger partial charge in [0.15, 0.2) is 0 Å². The zero-order valence-electron chi connectivity index (χ0n) is 11.5. The molecule has 102 valence electrons. The largest absolute Gasteiger partial charge is 0.314 e. The fourth-order valence-electron chi connectivity index (χ4n) is 2.95. The second-order valence-electron chi connectivity index (χ2n) is 6.00. The van der Waals surface area contributed by atoms with E-state index in [-0.39, 0.29) is 0 Å². The van der Waals surface area contributed by atoms with Crippen molar-refractivity contribution in [1.29, 1.82) is 0 Å². The molecule has 1 aromatic rings. The first-order valence-corrected chi connectivity index (χ1v) is 8.73. The number of hydrogen-bond donors (Lipinski definition) is 1. The van der Waals surface area contributed by atoms with Gasteiger partial charge in [-0.05, 0) is 46.7 Å². The second kappa shape index (κ2) is 6.53. The van der Waals surface area contributed by atoms with Gasteiger partial charge in [0.05, 0.1) is 0 Å². The molecule has 1 aliphatic rings. The third kappa shape index (κ3) is 4.07. The van der Waals surface area contributed by atoms with Crippen molar-refractivity contribution in [2.45, 2.75) is 58.4 Å². The van der Waals surface area contributed by atoms with Crippen molar-refractivity contribution in [3.63, 3.8) is 0 Å². The van der Waals surface area contributed by atoms with Crippen LogP contribution in [0.4, 0.5) is 0 Å². The molecule has 1 fully saturated rings. The second-order valence-corrected chi connectivity index (χ2v) is 7.92. The van der Waals surface area contributed by atoms with E-state index in [2.05, 4.69) is 46.5 Å². The molecule has 0 aliphatic heterocycles. The highest BCUT2D eigenvalue weighted by Crippen LogP contribution is 2.40. The van der Waals surface area contributed by atoms with E-state index in [1.54, 1.807) is 0 Å². The SMILES string of the molecule is CC(C)NCC1(Cc2cc(Br)cs2)CCCCC1. The molecule has 0 unspecified atom stereocenters. The highest BCUT2D eigenvalue weighted by atomic mass is 79.9. The summed E-state index contributed by atoms with van der Waals surface area (Å²) < 4.78 is 1.24. The van der Waals surface area contributed by atoms with Crippen LogP contribution in [0, 0.1) is 5.41 Å². The number of halogens is 1. The third-order valence-corrected chi connectivity index (χ3v) is 5.67. The fraction of sp³-hybridized carbons (Fsp3) is 0.733. The van der Waals surface area contributed by atoms with Gasteiger partial charge < -0.3 is 5.32 Å². The van der Waals surface area contributed by atoms with Crippen LogP contribution in [0.5, 0.6) is 0 Å².